The maximum absolute atomic E-state index is 12.9. The van der Waals surface area contributed by atoms with E-state index >= 15 is 0 Å². The number of sulfonamides is 1. The van der Waals surface area contributed by atoms with Crippen molar-refractivity contribution in [1.82, 2.24) is 13.9 Å². The maximum Gasteiger partial charge on any atom is 0.421 e. The molecule has 0 saturated heterocycles. The molecule has 0 atom stereocenters. The summed E-state index contributed by atoms with van der Waals surface area (Å²) in [5.74, 6) is 0.116. The summed E-state index contributed by atoms with van der Waals surface area (Å²) in [6, 6.07) is 16.5. The van der Waals surface area contributed by atoms with Crippen molar-refractivity contribution in [3.63, 3.8) is 0 Å². The standard InChI is InChI=1S/C26H25ClN4O5S/c1-3-24-29-22-14-20(25(28)32)21(27)15-23(22)31(24)18-8-6-17(7-9-18)12-13-30(26(33)34)37(35,36)19-10-4-16(2)5-11-19/h4-11,14-15H,3,12-13H2,1-2H3,(H2,28,32)(H,33,34). The molecule has 4 rings (SSSR count). The lowest BCUT2D eigenvalue weighted by Crippen LogP contribution is -2.37. The Hall–Kier alpha value is -3.89. The predicted molar refractivity (Wildman–Crippen MR) is 141 cm³/mol. The first-order valence-corrected chi connectivity index (χ1v) is 13.3. The van der Waals surface area contributed by atoms with E-state index in [1.54, 1.807) is 36.4 Å². The molecule has 9 nitrogen and oxygen atoms in total. The molecule has 0 fully saturated rings. The van der Waals surface area contributed by atoms with Crippen LogP contribution in [0.4, 0.5) is 4.79 Å². The number of rotatable bonds is 8. The number of primary amides is 1. The topological polar surface area (TPSA) is 136 Å². The molecule has 0 radical (unpaired) electrons. The van der Waals surface area contributed by atoms with Gasteiger partial charge in [-0.15, -0.1) is 0 Å². The molecular formula is C26H25ClN4O5S. The largest absolute Gasteiger partial charge is 0.464 e. The van der Waals surface area contributed by atoms with E-state index in [9.17, 15) is 23.1 Å². The van der Waals surface area contributed by atoms with Crippen molar-refractivity contribution in [3.05, 3.63) is 88.2 Å². The van der Waals surface area contributed by atoms with Crippen LogP contribution >= 0.6 is 11.6 Å². The van der Waals surface area contributed by atoms with Crippen molar-refractivity contribution in [1.29, 1.82) is 0 Å². The Kier molecular flexibility index (Phi) is 7.24. The summed E-state index contributed by atoms with van der Waals surface area (Å²) in [5.41, 5.74) is 9.30. The number of carbonyl (C=O) groups excluding carboxylic acids is 1. The highest BCUT2D eigenvalue weighted by atomic mass is 35.5. The lowest BCUT2D eigenvalue weighted by atomic mass is 10.1. The number of aryl methyl sites for hydroxylation is 2. The summed E-state index contributed by atoms with van der Waals surface area (Å²) in [6.45, 7) is 3.54. The van der Waals surface area contributed by atoms with E-state index in [0.717, 1.165) is 22.6 Å². The third kappa shape index (κ3) is 5.16. The van der Waals surface area contributed by atoms with Gasteiger partial charge in [0.2, 0.25) is 5.91 Å². The maximum atomic E-state index is 12.9. The van der Waals surface area contributed by atoms with Gasteiger partial charge in [0.25, 0.3) is 10.0 Å². The first-order valence-electron chi connectivity index (χ1n) is 11.4. The number of carbonyl (C=O) groups is 2. The van der Waals surface area contributed by atoms with Gasteiger partial charge in [-0.1, -0.05) is 48.4 Å². The molecule has 2 amide bonds. The molecular weight excluding hydrogens is 516 g/mol. The SMILES string of the molecule is CCc1nc2cc(C(N)=O)c(Cl)cc2n1-c1ccc(CCN(C(=O)O)S(=O)(=O)c2ccc(C)cc2)cc1. The number of nitrogens with two attached hydrogens (primary N) is 1. The van der Waals surface area contributed by atoms with Gasteiger partial charge in [0.05, 0.1) is 26.5 Å². The molecule has 37 heavy (non-hydrogen) atoms. The minimum atomic E-state index is -4.20. The number of halogens is 1. The van der Waals surface area contributed by atoms with Crippen LogP contribution in [-0.2, 0) is 22.9 Å². The molecule has 0 bridgehead atoms. The Balaban J connectivity index is 1.60. The molecule has 192 valence electrons. The van der Waals surface area contributed by atoms with Crippen LogP contribution in [-0.4, -0.2) is 45.9 Å². The number of hydrogen-bond acceptors (Lipinski definition) is 5. The minimum Gasteiger partial charge on any atom is -0.464 e. The Morgan fingerprint density at radius 1 is 1.08 bits per heavy atom. The van der Waals surface area contributed by atoms with Crippen molar-refractivity contribution in [2.45, 2.75) is 31.6 Å². The fourth-order valence-electron chi connectivity index (χ4n) is 4.06. The number of benzene rings is 3. The van der Waals surface area contributed by atoms with Gasteiger partial charge in [0.1, 0.15) is 5.82 Å². The average Bonchev–Trinajstić information content (AvgIpc) is 3.21. The summed E-state index contributed by atoms with van der Waals surface area (Å²) >= 11 is 6.28. The van der Waals surface area contributed by atoms with Crippen LogP contribution in [0.15, 0.2) is 65.6 Å². The van der Waals surface area contributed by atoms with Gasteiger partial charge in [-0.25, -0.2) is 22.5 Å². The first-order chi connectivity index (χ1) is 17.5. The van der Waals surface area contributed by atoms with Crippen molar-refractivity contribution >= 4 is 44.7 Å². The molecule has 0 saturated carbocycles. The average molecular weight is 541 g/mol. The summed E-state index contributed by atoms with van der Waals surface area (Å²) in [6.07, 6.45) is -0.733. The van der Waals surface area contributed by atoms with E-state index in [2.05, 4.69) is 4.98 Å². The molecule has 11 heteroatoms. The second-order valence-electron chi connectivity index (χ2n) is 8.49. The molecule has 1 aromatic heterocycles. The van der Waals surface area contributed by atoms with E-state index in [4.69, 9.17) is 17.3 Å². The van der Waals surface area contributed by atoms with Crippen molar-refractivity contribution < 1.29 is 23.1 Å². The van der Waals surface area contributed by atoms with Crippen LogP contribution in [0.2, 0.25) is 5.02 Å². The van der Waals surface area contributed by atoms with E-state index in [0.29, 0.717) is 21.8 Å². The third-order valence-corrected chi connectivity index (χ3v) is 8.11. The lowest BCUT2D eigenvalue weighted by Gasteiger charge is -2.19. The van der Waals surface area contributed by atoms with Gasteiger partial charge < -0.3 is 10.8 Å². The Morgan fingerprint density at radius 2 is 1.73 bits per heavy atom. The lowest BCUT2D eigenvalue weighted by molar-refractivity contribution is 0.100. The smallest absolute Gasteiger partial charge is 0.421 e. The van der Waals surface area contributed by atoms with Gasteiger partial charge in [0.15, 0.2) is 0 Å². The zero-order chi connectivity index (χ0) is 26.9. The fourth-order valence-corrected chi connectivity index (χ4v) is 5.58. The zero-order valence-corrected chi connectivity index (χ0v) is 21.8. The first kappa shape index (κ1) is 26.2. The highest BCUT2D eigenvalue weighted by Crippen LogP contribution is 2.28. The fraction of sp³-hybridized carbons (Fsp3) is 0.192. The second-order valence-corrected chi connectivity index (χ2v) is 10.8. The zero-order valence-electron chi connectivity index (χ0n) is 20.2. The van der Waals surface area contributed by atoms with Crippen LogP contribution in [0, 0.1) is 6.92 Å². The molecule has 1 heterocycles. The molecule has 0 unspecified atom stereocenters. The van der Waals surface area contributed by atoms with E-state index in [1.807, 2.05) is 30.5 Å². The summed E-state index contributed by atoms with van der Waals surface area (Å²) in [5, 5.41) is 9.83. The molecule has 0 aliphatic heterocycles. The normalized spacial score (nSPS) is 11.5. The molecule has 4 aromatic rings. The monoisotopic (exact) mass is 540 g/mol. The number of aromatic nitrogens is 2. The number of fused-ring (bicyclic) bond motifs is 1. The number of imidazole rings is 1. The van der Waals surface area contributed by atoms with Gasteiger partial charge in [-0.2, -0.15) is 0 Å². The molecule has 0 aliphatic rings. The highest BCUT2D eigenvalue weighted by molar-refractivity contribution is 7.89. The predicted octanol–water partition coefficient (Wildman–Crippen LogP) is 4.56. The van der Waals surface area contributed by atoms with Gasteiger partial charge in [0, 0.05) is 18.7 Å². The second kappa shape index (κ2) is 10.2. The Bertz CT molecular complexity index is 1600. The molecule has 0 spiro atoms. The van der Waals surface area contributed by atoms with Crippen molar-refractivity contribution in [2.75, 3.05) is 6.54 Å². The Morgan fingerprint density at radius 3 is 2.30 bits per heavy atom. The van der Waals surface area contributed by atoms with Gasteiger partial charge in [-0.3, -0.25) is 9.36 Å². The van der Waals surface area contributed by atoms with Crippen LogP contribution in [0.25, 0.3) is 16.7 Å². The van der Waals surface area contributed by atoms with Crippen LogP contribution in [0.3, 0.4) is 0 Å². The molecule has 3 N–H and O–H groups in total. The number of nitrogens with zero attached hydrogens (tertiary/aromatic N) is 3. The number of hydrogen-bond donors (Lipinski definition) is 2. The van der Waals surface area contributed by atoms with E-state index in [1.165, 1.54) is 12.1 Å². The Labute approximate surface area is 219 Å². The molecule has 3 aromatic carbocycles. The summed E-state index contributed by atoms with van der Waals surface area (Å²) < 4.78 is 28.2. The molecule has 0 aliphatic carbocycles. The van der Waals surface area contributed by atoms with Crippen LogP contribution in [0.1, 0.15) is 34.2 Å². The highest BCUT2D eigenvalue weighted by Gasteiger charge is 2.28. The number of amides is 2. The van der Waals surface area contributed by atoms with Crippen LogP contribution in [0.5, 0.6) is 0 Å². The van der Waals surface area contributed by atoms with Crippen molar-refractivity contribution in [2.24, 2.45) is 5.73 Å². The quantitative estimate of drug-likeness (QED) is 0.336. The van der Waals surface area contributed by atoms with E-state index < -0.39 is 22.0 Å². The summed E-state index contributed by atoms with van der Waals surface area (Å²) in [4.78, 5) is 28.0. The third-order valence-electron chi connectivity index (χ3n) is 6.01. The van der Waals surface area contributed by atoms with Crippen LogP contribution < -0.4 is 5.73 Å². The number of carboxylic acid groups (broad SMARTS) is 1. The summed E-state index contributed by atoms with van der Waals surface area (Å²) in [7, 11) is -4.20. The van der Waals surface area contributed by atoms with Gasteiger partial charge >= 0.3 is 6.09 Å². The van der Waals surface area contributed by atoms with Crippen molar-refractivity contribution in [3.8, 4) is 5.69 Å². The minimum absolute atomic E-state index is 0.0758. The van der Waals surface area contributed by atoms with E-state index in [-0.39, 0.29) is 28.4 Å². The van der Waals surface area contributed by atoms with Gasteiger partial charge in [-0.05, 0) is 55.3 Å².